The van der Waals surface area contributed by atoms with Gasteiger partial charge in [-0.1, -0.05) is 23.2 Å². The first-order valence-electron chi connectivity index (χ1n) is 8.61. The summed E-state index contributed by atoms with van der Waals surface area (Å²) in [4.78, 5) is 7.89. The van der Waals surface area contributed by atoms with E-state index in [1.165, 1.54) is 0 Å². The van der Waals surface area contributed by atoms with Crippen molar-refractivity contribution < 1.29 is 24.1 Å². The van der Waals surface area contributed by atoms with Crippen molar-refractivity contribution in [3.8, 4) is 0 Å². The van der Waals surface area contributed by atoms with Gasteiger partial charge < -0.3 is 24.1 Å². The summed E-state index contributed by atoms with van der Waals surface area (Å²) in [6.45, 7) is 2.49. The molecule has 0 aromatic carbocycles. The zero-order valence-electron chi connectivity index (χ0n) is 14.8. The first-order chi connectivity index (χ1) is 13.6. The van der Waals surface area contributed by atoms with Gasteiger partial charge in [-0.25, -0.2) is 9.97 Å². The average molecular weight is 494 g/mol. The van der Waals surface area contributed by atoms with Gasteiger partial charge in [0.2, 0.25) is 0 Å². The maximum Gasteiger partial charge on any atom is 0.185 e. The Bertz CT molecular complexity index is 787. The largest absolute Gasteiger partial charge is 0.396 e. The van der Waals surface area contributed by atoms with Gasteiger partial charge in [0.15, 0.2) is 12.6 Å². The molecule has 1 N–H and O–H groups in total. The first kappa shape index (κ1) is 21.9. The van der Waals surface area contributed by atoms with Gasteiger partial charge in [-0.3, -0.25) is 0 Å². The van der Waals surface area contributed by atoms with Gasteiger partial charge in [0.25, 0.3) is 0 Å². The van der Waals surface area contributed by atoms with Crippen LogP contribution in [0, 0.1) is 0 Å². The molecule has 0 amide bonds. The van der Waals surface area contributed by atoms with Gasteiger partial charge >= 0.3 is 0 Å². The van der Waals surface area contributed by atoms with Gasteiger partial charge in [-0.15, -0.1) is 0 Å². The van der Waals surface area contributed by atoms with Crippen LogP contribution in [0.5, 0.6) is 0 Å². The highest BCUT2D eigenvalue weighted by atomic mass is 79.9. The minimum absolute atomic E-state index is 0.0725. The number of pyridine rings is 2. The van der Waals surface area contributed by atoms with Crippen molar-refractivity contribution in [2.75, 3.05) is 33.0 Å². The van der Waals surface area contributed by atoms with Crippen LogP contribution in [-0.4, -0.2) is 48.1 Å². The number of halogens is 3. The Morgan fingerprint density at radius 2 is 1.39 bits per heavy atom. The third-order valence-electron chi connectivity index (χ3n) is 3.97. The Balaban J connectivity index is 0.000000162. The lowest BCUT2D eigenvalue weighted by Crippen LogP contribution is -2.05. The zero-order valence-corrected chi connectivity index (χ0v) is 17.9. The Morgan fingerprint density at radius 3 is 1.96 bits per heavy atom. The quantitative estimate of drug-likeness (QED) is 0.647. The summed E-state index contributed by atoms with van der Waals surface area (Å²) in [6, 6.07) is 3.46. The molecule has 2 fully saturated rings. The van der Waals surface area contributed by atoms with Gasteiger partial charge in [0.1, 0.15) is 10.3 Å². The van der Waals surface area contributed by atoms with Crippen molar-refractivity contribution in [2.45, 2.75) is 19.0 Å². The van der Waals surface area contributed by atoms with Crippen LogP contribution in [0.3, 0.4) is 0 Å². The average Bonchev–Trinajstić information content (AvgIpc) is 3.40. The molecule has 2 aromatic rings. The summed E-state index contributed by atoms with van der Waals surface area (Å²) in [5.41, 5.74) is 2.66. The normalized spacial score (nSPS) is 17.6. The van der Waals surface area contributed by atoms with Gasteiger partial charge in [0.05, 0.1) is 26.4 Å². The molecule has 0 spiro atoms. The molecule has 0 aliphatic carbocycles. The van der Waals surface area contributed by atoms with Crippen LogP contribution in [-0.2, 0) is 25.4 Å². The fourth-order valence-corrected chi connectivity index (χ4v) is 3.44. The smallest absolute Gasteiger partial charge is 0.185 e. The number of hydrogen-bond donors (Lipinski definition) is 1. The monoisotopic (exact) mass is 492 g/mol. The van der Waals surface area contributed by atoms with E-state index in [1.807, 2.05) is 0 Å². The number of hydrogen-bond acceptors (Lipinski definition) is 7. The molecule has 2 aromatic heterocycles. The van der Waals surface area contributed by atoms with Crippen molar-refractivity contribution in [2.24, 2.45) is 0 Å². The summed E-state index contributed by atoms with van der Waals surface area (Å²) in [5.74, 6) is 0. The topological polar surface area (TPSA) is 82.9 Å². The molecule has 0 unspecified atom stereocenters. The molecular weight excluding hydrogens is 475 g/mol. The highest BCUT2D eigenvalue weighted by Gasteiger charge is 2.22. The maximum atomic E-state index is 8.91. The van der Waals surface area contributed by atoms with Crippen LogP contribution in [0.1, 0.15) is 29.3 Å². The van der Waals surface area contributed by atoms with E-state index in [9.17, 15) is 0 Å². The Morgan fingerprint density at radius 1 is 0.893 bits per heavy atom. The van der Waals surface area contributed by atoms with E-state index in [0.717, 1.165) is 21.2 Å². The Hall–Kier alpha value is -0.840. The molecule has 0 radical (unpaired) electrons. The first-order valence-corrected chi connectivity index (χ1v) is 10.2. The van der Waals surface area contributed by atoms with Gasteiger partial charge in [0, 0.05) is 34.6 Å². The van der Waals surface area contributed by atoms with E-state index in [1.54, 1.807) is 24.5 Å². The number of aliphatic hydroxyl groups excluding tert-OH is 1. The number of aliphatic hydroxyl groups is 1. The lowest BCUT2D eigenvalue weighted by molar-refractivity contribution is -0.0449. The predicted octanol–water partition coefficient (Wildman–Crippen LogP) is 3.86. The Kier molecular flexibility index (Phi) is 8.43. The summed E-state index contributed by atoms with van der Waals surface area (Å²) in [6.07, 6.45) is 3.14. The molecular formula is C18H19BrCl2N2O5. The van der Waals surface area contributed by atoms with Crippen molar-refractivity contribution in [3.63, 3.8) is 0 Å². The lowest BCUT2D eigenvalue weighted by atomic mass is 10.1. The van der Waals surface area contributed by atoms with Crippen LogP contribution in [0.4, 0.5) is 0 Å². The molecule has 2 aliphatic heterocycles. The molecule has 7 nitrogen and oxygen atoms in total. The lowest BCUT2D eigenvalue weighted by Gasteiger charge is -2.13. The SMILES string of the molecule is Clc1cc(C2OCCO2)c(Br)cn1.OCCc1cnc(Cl)cc1C1OCCO1. The summed E-state index contributed by atoms with van der Waals surface area (Å²) in [7, 11) is 0. The second kappa shape index (κ2) is 10.8. The molecule has 0 atom stereocenters. The third kappa shape index (κ3) is 5.84. The van der Waals surface area contributed by atoms with Gasteiger partial charge in [-0.2, -0.15) is 0 Å². The summed E-state index contributed by atoms with van der Waals surface area (Å²) >= 11 is 14.9. The van der Waals surface area contributed by atoms with Crippen LogP contribution in [0.25, 0.3) is 0 Å². The van der Waals surface area contributed by atoms with E-state index >= 15 is 0 Å². The number of ether oxygens (including phenoxy) is 4. The number of rotatable bonds is 4. The van der Waals surface area contributed by atoms with E-state index in [4.69, 9.17) is 47.3 Å². The molecule has 10 heteroatoms. The molecule has 152 valence electrons. The summed E-state index contributed by atoms with van der Waals surface area (Å²) < 4.78 is 22.3. The van der Waals surface area contributed by atoms with Crippen LogP contribution in [0.2, 0.25) is 10.3 Å². The maximum absolute atomic E-state index is 8.91. The molecule has 0 saturated carbocycles. The number of nitrogens with zero attached hydrogens (tertiary/aromatic N) is 2. The molecule has 0 bridgehead atoms. The fraction of sp³-hybridized carbons (Fsp3) is 0.444. The standard InChI is InChI=1S/C10H12ClNO3.C8H7BrClNO2/c11-9-5-8(10-14-3-4-15-10)7(1-2-13)6-12-9;9-6-4-11-7(10)3-5(6)8-12-1-2-13-8/h5-6,10,13H,1-4H2;3-4,8H,1-2H2. The number of aromatic nitrogens is 2. The minimum atomic E-state index is -0.368. The Labute approximate surface area is 181 Å². The van der Waals surface area contributed by atoms with Crippen LogP contribution < -0.4 is 0 Å². The summed E-state index contributed by atoms with van der Waals surface area (Å²) in [5, 5.41) is 9.76. The van der Waals surface area contributed by atoms with Crippen molar-refractivity contribution >= 4 is 39.1 Å². The second-order valence-electron chi connectivity index (χ2n) is 5.86. The molecule has 28 heavy (non-hydrogen) atoms. The molecule has 4 rings (SSSR count). The highest BCUT2D eigenvalue weighted by Crippen LogP contribution is 2.30. The fourth-order valence-electron chi connectivity index (χ4n) is 2.71. The highest BCUT2D eigenvalue weighted by molar-refractivity contribution is 9.10. The van der Waals surface area contributed by atoms with Gasteiger partial charge in [-0.05, 0) is 40.0 Å². The minimum Gasteiger partial charge on any atom is -0.396 e. The predicted molar refractivity (Wildman–Crippen MR) is 106 cm³/mol. The van der Waals surface area contributed by atoms with E-state index in [-0.39, 0.29) is 19.2 Å². The van der Waals surface area contributed by atoms with E-state index < -0.39 is 0 Å². The molecule has 2 saturated heterocycles. The molecule has 2 aliphatic rings. The van der Waals surface area contributed by atoms with Crippen molar-refractivity contribution in [1.29, 1.82) is 0 Å². The third-order valence-corrected chi connectivity index (χ3v) is 5.05. The van der Waals surface area contributed by atoms with Crippen molar-refractivity contribution in [1.82, 2.24) is 9.97 Å². The second-order valence-corrected chi connectivity index (χ2v) is 7.48. The molecule has 4 heterocycles. The van der Waals surface area contributed by atoms with Crippen LogP contribution >= 0.6 is 39.1 Å². The van der Waals surface area contributed by atoms with E-state index in [0.29, 0.717) is 43.2 Å². The van der Waals surface area contributed by atoms with E-state index in [2.05, 4.69) is 25.9 Å². The van der Waals surface area contributed by atoms with Crippen LogP contribution in [0.15, 0.2) is 29.0 Å². The zero-order chi connectivity index (χ0) is 19.9. The van der Waals surface area contributed by atoms with Crippen molar-refractivity contribution in [3.05, 3.63) is 56.0 Å².